The molecular formula is C27H32F3N5O3. The van der Waals surface area contributed by atoms with Crippen LogP contribution in [0.25, 0.3) is 5.82 Å². The van der Waals surface area contributed by atoms with Gasteiger partial charge in [-0.15, -0.1) is 0 Å². The van der Waals surface area contributed by atoms with Crippen molar-refractivity contribution in [1.82, 2.24) is 19.5 Å². The summed E-state index contributed by atoms with van der Waals surface area (Å²) in [5, 5.41) is 14.2. The Bertz CT molecular complexity index is 1300. The molecule has 0 saturated heterocycles. The van der Waals surface area contributed by atoms with E-state index in [1.54, 1.807) is 36.1 Å². The highest BCUT2D eigenvalue weighted by molar-refractivity contribution is 5.76. The lowest BCUT2D eigenvalue weighted by atomic mass is 9.67. The number of esters is 1. The molecule has 0 amide bonds. The molecule has 3 aromatic rings. The summed E-state index contributed by atoms with van der Waals surface area (Å²) < 4.78 is 46.1. The van der Waals surface area contributed by atoms with Crippen LogP contribution in [0.5, 0.6) is 0 Å². The topological polar surface area (TPSA) is 102 Å². The number of rotatable bonds is 7. The van der Waals surface area contributed by atoms with Crippen LogP contribution in [0.4, 0.5) is 24.8 Å². The summed E-state index contributed by atoms with van der Waals surface area (Å²) in [5.41, 5.74) is -1.27. The quantitative estimate of drug-likeness (QED) is 0.377. The number of hydrogen-bond acceptors (Lipinski definition) is 7. The third-order valence-electron chi connectivity index (χ3n) is 7.26. The highest BCUT2D eigenvalue weighted by Crippen LogP contribution is 2.46. The van der Waals surface area contributed by atoms with E-state index in [4.69, 9.17) is 4.74 Å². The number of halogens is 3. The molecular weight excluding hydrogens is 499 g/mol. The van der Waals surface area contributed by atoms with Gasteiger partial charge in [-0.05, 0) is 89.1 Å². The van der Waals surface area contributed by atoms with Crippen molar-refractivity contribution in [1.29, 1.82) is 0 Å². The van der Waals surface area contributed by atoms with Gasteiger partial charge in [0.1, 0.15) is 29.4 Å². The normalized spacial score (nSPS) is 20.3. The number of nitrogens with zero attached hydrogens (tertiary/aromatic N) is 4. The van der Waals surface area contributed by atoms with Crippen LogP contribution in [0, 0.1) is 18.3 Å². The molecule has 0 aliphatic heterocycles. The van der Waals surface area contributed by atoms with Crippen molar-refractivity contribution >= 4 is 17.6 Å². The number of alkyl halides is 3. The summed E-state index contributed by atoms with van der Waals surface area (Å²) in [7, 11) is 0. The number of pyridine rings is 2. The number of aryl methyl sites for hydroxylation is 1. The highest BCUT2D eigenvalue weighted by atomic mass is 19.4. The zero-order valence-corrected chi connectivity index (χ0v) is 21.8. The molecule has 0 atom stereocenters. The molecule has 4 rings (SSSR count). The number of imidazole rings is 1. The summed E-state index contributed by atoms with van der Waals surface area (Å²) >= 11 is 0. The number of anilines is 2. The van der Waals surface area contributed by atoms with Crippen LogP contribution >= 0.6 is 0 Å². The van der Waals surface area contributed by atoms with E-state index < -0.39 is 22.8 Å². The van der Waals surface area contributed by atoms with Crippen molar-refractivity contribution in [2.45, 2.75) is 65.2 Å². The average molecular weight is 532 g/mol. The monoisotopic (exact) mass is 531 g/mol. The smallest absolute Gasteiger partial charge is 0.416 e. The second-order valence-corrected chi connectivity index (χ2v) is 10.4. The zero-order valence-electron chi connectivity index (χ0n) is 21.8. The molecule has 0 unspecified atom stereocenters. The van der Waals surface area contributed by atoms with E-state index in [9.17, 15) is 23.1 Å². The number of nitrogens with one attached hydrogen (secondary N) is 1. The first kappa shape index (κ1) is 27.6. The molecule has 2 N–H and O–H groups in total. The molecule has 0 aromatic carbocycles. The van der Waals surface area contributed by atoms with E-state index in [0.717, 1.165) is 23.9 Å². The number of ether oxygens (including phenoxy) is 1. The molecule has 11 heteroatoms. The molecule has 1 aliphatic carbocycles. The van der Waals surface area contributed by atoms with E-state index in [0.29, 0.717) is 49.6 Å². The first-order valence-electron chi connectivity index (χ1n) is 12.6. The fraction of sp³-hybridized carbons (Fsp3) is 0.481. The fourth-order valence-electron chi connectivity index (χ4n) is 4.90. The van der Waals surface area contributed by atoms with E-state index in [2.05, 4.69) is 20.3 Å². The van der Waals surface area contributed by atoms with Crippen molar-refractivity contribution in [2.24, 2.45) is 11.3 Å². The third kappa shape index (κ3) is 5.82. The summed E-state index contributed by atoms with van der Waals surface area (Å²) in [4.78, 5) is 25.3. The highest BCUT2D eigenvalue weighted by Gasteiger charge is 2.45. The predicted octanol–water partition coefficient (Wildman–Crippen LogP) is 5.70. The molecule has 204 valence electrons. The number of aromatic nitrogens is 4. The Kier molecular flexibility index (Phi) is 7.51. The second-order valence-electron chi connectivity index (χ2n) is 10.4. The van der Waals surface area contributed by atoms with Crippen LogP contribution in [-0.4, -0.2) is 37.2 Å². The standard InChI is InChI=1S/C27H32F3N5O3/c1-5-38-24(36)25(3,4)18-6-9-26(37,10-7-18)20-15-35(16-32-20)23-13-17(2)12-22(34-23)33-21-14-19(8-11-31-21)27(28,29)30/h8,11-16,18,37H,5-7,9-10H2,1-4H3,(H,31,33,34)/t18-,26-. The predicted molar refractivity (Wildman–Crippen MR) is 135 cm³/mol. The molecule has 0 spiro atoms. The second kappa shape index (κ2) is 10.4. The van der Waals surface area contributed by atoms with Gasteiger partial charge in [-0.3, -0.25) is 9.36 Å². The minimum atomic E-state index is -4.48. The van der Waals surface area contributed by atoms with Crippen molar-refractivity contribution < 1.29 is 27.8 Å². The SMILES string of the molecule is CCOC(=O)C(C)(C)[C@H]1CC[C@@](O)(c2cn(-c3cc(C)cc(Nc4cc(C(F)(F)F)ccn4)n3)cn2)CC1. The molecule has 38 heavy (non-hydrogen) atoms. The van der Waals surface area contributed by atoms with Gasteiger partial charge in [0.15, 0.2) is 0 Å². The summed E-state index contributed by atoms with van der Waals surface area (Å²) in [6, 6.07) is 5.33. The fourth-order valence-corrected chi connectivity index (χ4v) is 4.90. The Morgan fingerprint density at radius 3 is 2.55 bits per heavy atom. The van der Waals surface area contributed by atoms with Gasteiger partial charge in [0.2, 0.25) is 0 Å². The minimum Gasteiger partial charge on any atom is -0.466 e. The summed E-state index contributed by atoms with van der Waals surface area (Å²) in [5.74, 6) is 0.684. The van der Waals surface area contributed by atoms with Gasteiger partial charge >= 0.3 is 12.1 Å². The first-order valence-corrected chi connectivity index (χ1v) is 12.6. The lowest BCUT2D eigenvalue weighted by Gasteiger charge is -2.40. The van der Waals surface area contributed by atoms with Gasteiger partial charge in [-0.25, -0.2) is 15.0 Å². The molecule has 1 saturated carbocycles. The van der Waals surface area contributed by atoms with E-state index >= 15 is 0 Å². The van der Waals surface area contributed by atoms with Gasteiger partial charge in [-0.2, -0.15) is 13.2 Å². The Labute approximate surface area is 219 Å². The number of carbonyl (C=O) groups excluding carboxylic acids is 1. The number of carbonyl (C=O) groups is 1. The average Bonchev–Trinajstić information content (AvgIpc) is 3.35. The number of hydrogen-bond donors (Lipinski definition) is 2. The van der Waals surface area contributed by atoms with Crippen molar-refractivity contribution in [3.05, 3.63) is 59.8 Å². The van der Waals surface area contributed by atoms with Gasteiger partial charge in [0.05, 0.1) is 23.3 Å². The van der Waals surface area contributed by atoms with Gasteiger partial charge in [0, 0.05) is 12.4 Å². The molecule has 0 radical (unpaired) electrons. The third-order valence-corrected chi connectivity index (χ3v) is 7.26. The molecule has 3 aromatic heterocycles. The van der Waals surface area contributed by atoms with Gasteiger partial charge in [-0.1, -0.05) is 0 Å². The van der Waals surface area contributed by atoms with Crippen LogP contribution in [0.15, 0.2) is 43.0 Å². The van der Waals surface area contributed by atoms with E-state index in [1.807, 2.05) is 20.8 Å². The maximum Gasteiger partial charge on any atom is 0.416 e. The Morgan fingerprint density at radius 2 is 1.89 bits per heavy atom. The summed E-state index contributed by atoms with van der Waals surface area (Å²) in [6.45, 7) is 7.73. The van der Waals surface area contributed by atoms with E-state index in [1.165, 1.54) is 0 Å². The van der Waals surface area contributed by atoms with Crippen LogP contribution in [0.1, 0.15) is 63.3 Å². The molecule has 1 fully saturated rings. The van der Waals surface area contributed by atoms with Crippen LogP contribution < -0.4 is 5.32 Å². The van der Waals surface area contributed by atoms with Crippen molar-refractivity contribution in [3.63, 3.8) is 0 Å². The maximum absolute atomic E-state index is 13.1. The number of aliphatic hydroxyl groups is 1. The molecule has 0 bridgehead atoms. The zero-order chi connectivity index (χ0) is 27.7. The first-order chi connectivity index (χ1) is 17.8. The van der Waals surface area contributed by atoms with Crippen LogP contribution in [0.2, 0.25) is 0 Å². The van der Waals surface area contributed by atoms with Crippen molar-refractivity contribution in [2.75, 3.05) is 11.9 Å². The molecule has 8 nitrogen and oxygen atoms in total. The lowest BCUT2D eigenvalue weighted by molar-refractivity contribution is -0.159. The molecule has 1 aliphatic rings. The van der Waals surface area contributed by atoms with Crippen molar-refractivity contribution in [3.8, 4) is 5.82 Å². The Morgan fingerprint density at radius 1 is 1.18 bits per heavy atom. The summed E-state index contributed by atoms with van der Waals surface area (Å²) in [6.07, 6.45) is 2.07. The van der Waals surface area contributed by atoms with Gasteiger partial charge in [0.25, 0.3) is 0 Å². The maximum atomic E-state index is 13.1. The van der Waals surface area contributed by atoms with Crippen LogP contribution in [-0.2, 0) is 21.3 Å². The Balaban J connectivity index is 1.50. The largest absolute Gasteiger partial charge is 0.466 e. The molecule has 3 heterocycles. The lowest BCUT2D eigenvalue weighted by Crippen LogP contribution is -2.41. The van der Waals surface area contributed by atoms with Gasteiger partial charge < -0.3 is 15.2 Å². The van der Waals surface area contributed by atoms with Crippen LogP contribution in [0.3, 0.4) is 0 Å². The minimum absolute atomic E-state index is 0.0204. The Hall–Kier alpha value is -3.47. The van der Waals surface area contributed by atoms with E-state index in [-0.39, 0.29) is 17.7 Å².